The molecule has 1 rings (SSSR count). The van der Waals surface area contributed by atoms with Crippen LogP contribution in [0.25, 0.3) is 0 Å². The molecule has 1 atom stereocenters. The highest BCUT2D eigenvalue weighted by Crippen LogP contribution is 2.29. The number of esters is 1. The van der Waals surface area contributed by atoms with Crippen LogP contribution in [0.3, 0.4) is 0 Å². The molecule has 1 aliphatic heterocycles. The standard InChI is InChI=1S/C9H11F4NO3/c1-17-6(15)5-3-2-4-14(5)8(16)9(12,13)7(10)11/h5,7H,2-4H2,1H3. The lowest BCUT2D eigenvalue weighted by Gasteiger charge is -2.26. The Morgan fingerprint density at radius 2 is 2.00 bits per heavy atom. The number of halogens is 4. The second-order valence-corrected chi connectivity index (χ2v) is 3.60. The van der Waals surface area contributed by atoms with E-state index in [2.05, 4.69) is 4.74 Å². The van der Waals surface area contributed by atoms with Crippen molar-refractivity contribution in [3.63, 3.8) is 0 Å². The van der Waals surface area contributed by atoms with E-state index in [1.165, 1.54) is 0 Å². The summed E-state index contributed by atoms with van der Waals surface area (Å²) < 4.78 is 54.0. The first-order chi connectivity index (χ1) is 7.82. The molecule has 1 heterocycles. The summed E-state index contributed by atoms with van der Waals surface area (Å²) in [6, 6.07) is -1.20. The van der Waals surface area contributed by atoms with E-state index in [9.17, 15) is 27.2 Å². The fourth-order valence-electron chi connectivity index (χ4n) is 1.68. The normalized spacial score (nSPS) is 20.8. The van der Waals surface area contributed by atoms with Crippen molar-refractivity contribution in [3.8, 4) is 0 Å². The van der Waals surface area contributed by atoms with Gasteiger partial charge in [-0.2, -0.15) is 8.78 Å². The third kappa shape index (κ3) is 2.50. The van der Waals surface area contributed by atoms with Crippen molar-refractivity contribution in [1.82, 2.24) is 4.90 Å². The minimum Gasteiger partial charge on any atom is -0.467 e. The number of hydrogen-bond acceptors (Lipinski definition) is 3. The van der Waals surface area contributed by atoms with Crippen LogP contribution < -0.4 is 0 Å². The van der Waals surface area contributed by atoms with Crippen LogP contribution in [0, 0.1) is 0 Å². The maximum absolute atomic E-state index is 12.8. The summed E-state index contributed by atoms with van der Waals surface area (Å²) in [6.45, 7) is -0.152. The van der Waals surface area contributed by atoms with Gasteiger partial charge in [0.2, 0.25) is 0 Å². The van der Waals surface area contributed by atoms with Gasteiger partial charge in [0.1, 0.15) is 6.04 Å². The van der Waals surface area contributed by atoms with Crippen molar-refractivity contribution in [2.45, 2.75) is 31.2 Å². The Morgan fingerprint density at radius 1 is 1.41 bits per heavy atom. The number of likely N-dealkylation sites (tertiary alicyclic amines) is 1. The Hall–Kier alpha value is -1.34. The zero-order valence-corrected chi connectivity index (χ0v) is 8.96. The zero-order valence-electron chi connectivity index (χ0n) is 8.96. The van der Waals surface area contributed by atoms with Gasteiger partial charge >= 0.3 is 18.3 Å². The van der Waals surface area contributed by atoms with Gasteiger partial charge in [-0.05, 0) is 12.8 Å². The fourth-order valence-corrected chi connectivity index (χ4v) is 1.68. The topological polar surface area (TPSA) is 46.6 Å². The van der Waals surface area contributed by atoms with Crippen LogP contribution in [0.4, 0.5) is 17.6 Å². The molecule has 0 aromatic rings. The molecule has 0 aliphatic carbocycles. The van der Waals surface area contributed by atoms with E-state index < -0.39 is 30.3 Å². The Labute approximate surface area is 94.5 Å². The van der Waals surface area contributed by atoms with E-state index in [4.69, 9.17) is 0 Å². The Bertz CT molecular complexity index is 321. The van der Waals surface area contributed by atoms with E-state index in [1.54, 1.807) is 0 Å². The molecule has 8 heteroatoms. The number of nitrogens with zero attached hydrogens (tertiary/aromatic N) is 1. The number of carbonyl (C=O) groups excluding carboxylic acids is 2. The number of methoxy groups -OCH3 is 1. The first-order valence-electron chi connectivity index (χ1n) is 4.87. The summed E-state index contributed by atoms with van der Waals surface area (Å²) in [5, 5.41) is 0. The van der Waals surface area contributed by atoms with Gasteiger partial charge in [-0.1, -0.05) is 0 Å². The maximum atomic E-state index is 12.8. The van der Waals surface area contributed by atoms with E-state index in [1.807, 2.05) is 0 Å². The van der Waals surface area contributed by atoms with Gasteiger partial charge in [-0.15, -0.1) is 0 Å². The highest BCUT2D eigenvalue weighted by molar-refractivity contribution is 5.89. The first kappa shape index (κ1) is 13.7. The molecule has 1 aliphatic rings. The van der Waals surface area contributed by atoms with Crippen LogP contribution in [0.5, 0.6) is 0 Å². The van der Waals surface area contributed by atoms with E-state index in [0.717, 1.165) is 7.11 Å². The number of amides is 1. The molecule has 0 aromatic heterocycles. The molecule has 0 saturated carbocycles. The average Bonchev–Trinajstić information content (AvgIpc) is 2.75. The minimum absolute atomic E-state index is 0.137. The van der Waals surface area contributed by atoms with Crippen LogP contribution in [0.2, 0.25) is 0 Å². The van der Waals surface area contributed by atoms with E-state index in [-0.39, 0.29) is 13.0 Å². The lowest BCUT2D eigenvalue weighted by molar-refractivity contribution is -0.183. The third-order valence-electron chi connectivity index (χ3n) is 2.55. The lowest BCUT2D eigenvalue weighted by atomic mass is 10.2. The number of alkyl halides is 4. The molecule has 0 N–H and O–H groups in total. The Kier molecular flexibility index (Phi) is 3.94. The third-order valence-corrected chi connectivity index (χ3v) is 2.55. The number of rotatable bonds is 3. The van der Waals surface area contributed by atoms with E-state index in [0.29, 0.717) is 11.3 Å². The van der Waals surface area contributed by atoms with E-state index >= 15 is 0 Å². The monoisotopic (exact) mass is 257 g/mol. The van der Waals surface area contributed by atoms with Crippen molar-refractivity contribution in [1.29, 1.82) is 0 Å². The second kappa shape index (κ2) is 4.89. The van der Waals surface area contributed by atoms with Crippen LogP contribution in [-0.4, -0.2) is 48.8 Å². The van der Waals surface area contributed by atoms with Crippen LogP contribution in [-0.2, 0) is 14.3 Å². The molecule has 17 heavy (non-hydrogen) atoms. The first-order valence-corrected chi connectivity index (χ1v) is 4.87. The molecule has 1 unspecified atom stereocenters. The summed E-state index contributed by atoms with van der Waals surface area (Å²) in [7, 11) is 1.04. The van der Waals surface area contributed by atoms with Crippen molar-refractivity contribution in [3.05, 3.63) is 0 Å². The van der Waals surface area contributed by atoms with Gasteiger partial charge in [0, 0.05) is 6.54 Å². The maximum Gasteiger partial charge on any atom is 0.383 e. The Morgan fingerprint density at radius 3 is 2.47 bits per heavy atom. The molecule has 0 bridgehead atoms. The highest BCUT2D eigenvalue weighted by atomic mass is 19.3. The van der Waals surface area contributed by atoms with Crippen LogP contribution in [0.1, 0.15) is 12.8 Å². The summed E-state index contributed by atoms with van der Waals surface area (Å²) in [5.74, 6) is -7.67. The fraction of sp³-hybridized carbons (Fsp3) is 0.778. The van der Waals surface area contributed by atoms with Gasteiger partial charge in [-0.25, -0.2) is 13.6 Å². The summed E-state index contributed by atoms with van der Waals surface area (Å²) in [5.41, 5.74) is 0. The molecule has 0 spiro atoms. The largest absolute Gasteiger partial charge is 0.467 e. The molecule has 1 amide bonds. The predicted molar refractivity (Wildman–Crippen MR) is 47.7 cm³/mol. The van der Waals surface area contributed by atoms with Crippen LogP contribution >= 0.6 is 0 Å². The van der Waals surface area contributed by atoms with Gasteiger partial charge in [-0.3, -0.25) is 4.79 Å². The summed E-state index contributed by atoms with van der Waals surface area (Å²) in [4.78, 5) is 22.9. The van der Waals surface area contributed by atoms with Gasteiger partial charge in [0.05, 0.1) is 7.11 Å². The molecule has 0 radical (unpaired) electrons. The summed E-state index contributed by atoms with van der Waals surface area (Å²) in [6.07, 6.45) is -3.66. The van der Waals surface area contributed by atoms with Gasteiger partial charge in [0.25, 0.3) is 5.91 Å². The quantitative estimate of drug-likeness (QED) is 0.561. The predicted octanol–water partition coefficient (Wildman–Crippen LogP) is 1.05. The average molecular weight is 257 g/mol. The zero-order chi connectivity index (χ0) is 13.2. The van der Waals surface area contributed by atoms with Crippen molar-refractivity contribution in [2.24, 2.45) is 0 Å². The molecular formula is C9H11F4NO3. The molecular weight excluding hydrogens is 246 g/mol. The van der Waals surface area contributed by atoms with Crippen LogP contribution in [0.15, 0.2) is 0 Å². The van der Waals surface area contributed by atoms with Crippen molar-refractivity contribution >= 4 is 11.9 Å². The SMILES string of the molecule is COC(=O)C1CCCN1C(=O)C(F)(F)C(F)F. The molecule has 1 saturated heterocycles. The Balaban J connectivity index is 2.85. The molecule has 0 aromatic carbocycles. The lowest BCUT2D eigenvalue weighted by Crippen LogP contribution is -2.51. The molecule has 1 fully saturated rings. The summed E-state index contributed by atoms with van der Waals surface area (Å²) >= 11 is 0. The van der Waals surface area contributed by atoms with Gasteiger partial charge < -0.3 is 9.64 Å². The highest BCUT2D eigenvalue weighted by Gasteiger charge is 2.54. The number of hydrogen-bond donors (Lipinski definition) is 0. The number of carbonyl (C=O) groups is 2. The minimum atomic E-state index is -4.77. The number of ether oxygens (including phenoxy) is 1. The second-order valence-electron chi connectivity index (χ2n) is 3.60. The van der Waals surface area contributed by atoms with Gasteiger partial charge in [0.15, 0.2) is 0 Å². The molecule has 4 nitrogen and oxygen atoms in total. The smallest absolute Gasteiger partial charge is 0.383 e. The van der Waals surface area contributed by atoms with Crippen molar-refractivity contribution in [2.75, 3.05) is 13.7 Å². The molecule has 98 valence electrons. The van der Waals surface area contributed by atoms with Crippen molar-refractivity contribution < 1.29 is 31.9 Å².